The monoisotopic (exact) mass is 409 g/mol. The summed E-state index contributed by atoms with van der Waals surface area (Å²) < 4.78 is 1.89. The number of hydrogen-bond acceptors (Lipinski definition) is 4. The third-order valence-electron chi connectivity index (χ3n) is 6.31. The van der Waals surface area contributed by atoms with Crippen LogP contribution in [0.3, 0.4) is 0 Å². The van der Waals surface area contributed by atoms with E-state index in [9.17, 15) is 9.59 Å². The molecular formula is C23H31N5O2. The van der Waals surface area contributed by atoms with Crippen molar-refractivity contribution in [2.45, 2.75) is 46.6 Å². The summed E-state index contributed by atoms with van der Waals surface area (Å²) in [5, 5.41) is 4.44. The number of hydrogen-bond donors (Lipinski definition) is 0. The maximum atomic E-state index is 12.8. The molecule has 30 heavy (non-hydrogen) atoms. The Morgan fingerprint density at radius 3 is 2.43 bits per heavy atom. The molecule has 0 saturated carbocycles. The Morgan fingerprint density at radius 2 is 1.67 bits per heavy atom. The van der Waals surface area contributed by atoms with Gasteiger partial charge in [0.2, 0.25) is 11.8 Å². The zero-order chi connectivity index (χ0) is 21.3. The van der Waals surface area contributed by atoms with Crippen LogP contribution in [0, 0.1) is 20.8 Å². The van der Waals surface area contributed by atoms with Crippen LogP contribution in [0.15, 0.2) is 24.3 Å². The molecule has 2 aliphatic rings. The fourth-order valence-corrected chi connectivity index (χ4v) is 4.44. The molecule has 0 aliphatic carbocycles. The molecule has 1 fully saturated rings. The summed E-state index contributed by atoms with van der Waals surface area (Å²) in [7, 11) is 0. The second kappa shape index (κ2) is 8.50. The third-order valence-corrected chi connectivity index (χ3v) is 6.31. The van der Waals surface area contributed by atoms with Crippen molar-refractivity contribution in [1.29, 1.82) is 0 Å². The molecule has 0 spiro atoms. The van der Waals surface area contributed by atoms with Gasteiger partial charge in [-0.1, -0.05) is 12.1 Å². The average Bonchev–Trinajstić information content (AvgIpc) is 3.14. The molecule has 1 aromatic carbocycles. The Hall–Kier alpha value is -2.83. The number of rotatable bonds is 4. The number of carbonyl (C=O) groups excluding carboxylic acids is 2. The lowest BCUT2D eigenvalue weighted by molar-refractivity contribution is -0.133. The van der Waals surface area contributed by atoms with Crippen LogP contribution < -0.4 is 9.80 Å². The smallest absolute Gasteiger partial charge is 0.228 e. The van der Waals surface area contributed by atoms with E-state index in [0.29, 0.717) is 19.6 Å². The van der Waals surface area contributed by atoms with Crippen LogP contribution in [-0.2, 0) is 16.1 Å². The SMILES string of the molecule is Cc1cc2n(n1)CCCN2C(=O)CCC(=O)N1CCN(c2cccc(C)c2C)CC1. The van der Waals surface area contributed by atoms with Gasteiger partial charge in [0, 0.05) is 63.9 Å². The lowest BCUT2D eigenvalue weighted by Gasteiger charge is -2.37. The predicted molar refractivity (Wildman–Crippen MR) is 118 cm³/mol. The highest BCUT2D eigenvalue weighted by molar-refractivity contribution is 5.95. The highest BCUT2D eigenvalue weighted by Crippen LogP contribution is 2.25. The van der Waals surface area contributed by atoms with Gasteiger partial charge in [0.15, 0.2) is 0 Å². The first kappa shape index (κ1) is 20.4. The second-order valence-electron chi connectivity index (χ2n) is 8.35. The second-order valence-corrected chi connectivity index (χ2v) is 8.35. The molecule has 0 radical (unpaired) electrons. The highest BCUT2D eigenvalue weighted by atomic mass is 16.2. The number of fused-ring (bicyclic) bond motifs is 1. The van der Waals surface area contributed by atoms with Gasteiger partial charge >= 0.3 is 0 Å². The van der Waals surface area contributed by atoms with Gasteiger partial charge in [-0.05, 0) is 44.4 Å². The Balaban J connectivity index is 1.29. The van der Waals surface area contributed by atoms with E-state index in [0.717, 1.165) is 37.6 Å². The van der Waals surface area contributed by atoms with Crippen molar-refractivity contribution in [3.63, 3.8) is 0 Å². The van der Waals surface area contributed by atoms with Gasteiger partial charge in [0.05, 0.1) is 5.69 Å². The van der Waals surface area contributed by atoms with E-state index < -0.39 is 0 Å². The lowest BCUT2D eigenvalue weighted by atomic mass is 10.1. The van der Waals surface area contributed by atoms with Gasteiger partial charge in [-0.2, -0.15) is 5.10 Å². The quantitative estimate of drug-likeness (QED) is 0.779. The van der Waals surface area contributed by atoms with Crippen molar-refractivity contribution in [2.24, 2.45) is 0 Å². The summed E-state index contributed by atoms with van der Waals surface area (Å²) in [6, 6.07) is 8.33. The van der Waals surface area contributed by atoms with Crippen molar-refractivity contribution < 1.29 is 9.59 Å². The first-order valence-electron chi connectivity index (χ1n) is 10.9. The molecule has 7 nitrogen and oxygen atoms in total. The molecule has 1 aromatic heterocycles. The van der Waals surface area contributed by atoms with Crippen molar-refractivity contribution >= 4 is 23.3 Å². The van der Waals surface area contributed by atoms with E-state index in [1.54, 1.807) is 4.90 Å². The molecule has 2 amide bonds. The molecule has 4 rings (SSSR count). The molecule has 3 heterocycles. The summed E-state index contributed by atoms with van der Waals surface area (Å²) in [5.74, 6) is 0.947. The minimum absolute atomic E-state index is 0.0122. The normalized spacial score (nSPS) is 16.6. The number of amides is 2. The zero-order valence-electron chi connectivity index (χ0n) is 18.2. The van der Waals surface area contributed by atoms with Gasteiger partial charge < -0.3 is 9.80 Å². The van der Waals surface area contributed by atoms with Crippen molar-refractivity contribution in [1.82, 2.24) is 14.7 Å². The molecule has 7 heteroatoms. The molecule has 0 atom stereocenters. The van der Waals surface area contributed by atoms with Crippen molar-refractivity contribution in [3.8, 4) is 0 Å². The van der Waals surface area contributed by atoms with Crippen LogP contribution in [0.1, 0.15) is 36.1 Å². The predicted octanol–water partition coefficient (Wildman–Crippen LogP) is 2.67. The highest BCUT2D eigenvalue weighted by Gasteiger charge is 2.26. The van der Waals surface area contributed by atoms with E-state index >= 15 is 0 Å². The maximum Gasteiger partial charge on any atom is 0.228 e. The molecule has 1 saturated heterocycles. The number of aromatic nitrogens is 2. The molecule has 0 bridgehead atoms. The van der Waals surface area contributed by atoms with Gasteiger partial charge in [-0.25, -0.2) is 4.68 Å². The van der Waals surface area contributed by atoms with E-state index in [2.05, 4.69) is 42.0 Å². The van der Waals surface area contributed by atoms with Crippen LogP contribution >= 0.6 is 0 Å². The van der Waals surface area contributed by atoms with E-state index in [4.69, 9.17) is 0 Å². The molecule has 0 unspecified atom stereocenters. The zero-order valence-corrected chi connectivity index (χ0v) is 18.2. The minimum Gasteiger partial charge on any atom is -0.368 e. The van der Waals surface area contributed by atoms with Crippen LogP contribution in [-0.4, -0.2) is 59.2 Å². The third kappa shape index (κ3) is 4.06. The topological polar surface area (TPSA) is 61.7 Å². The number of nitrogens with zero attached hydrogens (tertiary/aromatic N) is 5. The van der Waals surface area contributed by atoms with Gasteiger partial charge in [-0.3, -0.25) is 14.5 Å². The van der Waals surface area contributed by atoms with Crippen LogP contribution in [0.25, 0.3) is 0 Å². The number of carbonyl (C=O) groups is 2. The molecule has 160 valence electrons. The first-order valence-corrected chi connectivity index (χ1v) is 10.9. The van der Waals surface area contributed by atoms with Crippen LogP contribution in [0.2, 0.25) is 0 Å². The Morgan fingerprint density at radius 1 is 0.933 bits per heavy atom. The fraction of sp³-hybridized carbons (Fsp3) is 0.522. The summed E-state index contributed by atoms with van der Waals surface area (Å²) >= 11 is 0. The standard InChI is InChI=1S/C23H31N5O2/c1-17-6-4-7-20(19(17)3)25-12-14-26(15-13-25)22(29)8-9-23(30)27-10-5-11-28-21(27)16-18(2)24-28/h4,6-7,16H,5,8-15H2,1-3H3. The maximum absolute atomic E-state index is 12.8. The first-order chi connectivity index (χ1) is 14.4. The summed E-state index contributed by atoms with van der Waals surface area (Å²) in [4.78, 5) is 31.5. The number of piperazine rings is 1. The summed E-state index contributed by atoms with van der Waals surface area (Å²) in [6.07, 6.45) is 1.42. The lowest BCUT2D eigenvalue weighted by Crippen LogP contribution is -2.49. The Labute approximate surface area is 178 Å². The Bertz CT molecular complexity index is 943. The number of benzene rings is 1. The minimum atomic E-state index is 0.0122. The molecule has 0 N–H and O–H groups in total. The van der Waals surface area contributed by atoms with Gasteiger partial charge in [-0.15, -0.1) is 0 Å². The Kier molecular flexibility index (Phi) is 5.79. The molecule has 2 aliphatic heterocycles. The van der Waals surface area contributed by atoms with E-state index in [1.807, 2.05) is 22.6 Å². The van der Waals surface area contributed by atoms with Crippen molar-refractivity contribution in [3.05, 3.63) is 41.1 Å². The average molecular weight is 410 g/mol. The summed E-state index contributed by atoms with van der Waals surface area (Å²) in [6.45, 7) is 10.8. The van der Waals surface area contributed by atoms with E-state index in [1.165, 1.54) is 16.8 Å². The van der Waals surface area contributed by atoms with Crippen LogP contribution in [0.5, 0.6) is 0 Å². The summed E-state index contributed by atoms with van der Waals surface area (Å²) in [5.41, 5.74) is 4.77. The molecule has 2 aromatic rings. The van der Waals surface area contributed by atoms with Gasteiger partial charge in [0.25, 0.3) is 0 Å². The van der Waals surface area contributed by atoms with Crippen LogP contribution in [0.4, 0.5) is 11.5 Å². The largest absolute Gasteiger partial charge is 0.368 e. The number of aryl methyl sites for hydroxylation is 3. The molecular weight excluding hydrogens is 378 g/mol. The fourth-order valence-electron chi connectivity index (χ4n) is 4.44. The number of anilines is 2. The van der Waals surface area contributed by atoms with Gasteiger partial charge in [0.1, 0.15) is 5.82 Å². The van der Waals surface area contributed by atoms with Crippen molar-refractivity contribution in [2.75, 3.05) is 42.5 Å². The van der Waals surface area contributed by atoms with E-state index in [-0.39, 0.29) is 24.7 Å².